The largest absolute Gasteiger partial charge is 0.481 e. The minimum absolute atomic E-state index is 0.126. The third-order valence-corrected chi connectivity index (χ3v) is 2.55. The Labute approximate surface area is 92.2 Å². The van der Waals surface area contributed by atoms with E-state index in [0.29, 0.717) is 0 Å². The van der Waals surface area contributed by atoms with Crippen molar-refractivity contribution in [2.24, 2.45) is 5.92 Å². The number of rotatable bonds is 4. The highest BCUT2D eigenvalue weighted by Gasteiger charge is 2.23. The van der Waals surface area contributed by atoms with Crippen LogP contribution >= 0.6 is 0 Å². The highest BCUT2D eigenvalue weighted by atomic mass is 16.5. The minimum Gasteiger partial charge on any atom is -0.481 e. The first-order valence-corrected chi connectivity index (χ1v) is 5.68. The van der Waals surface area contributed by atoms with E-state index in [-0.39, 0.29) is 5.92 Å². The molecule has 1 aliphatic rings. The Hall–Kier alpha value is -0.610. The van der Waals surface area contributed by atoms with E-state index in [1.807, 2.05) is 13.8 Å². The van der Waals surface area contributed by atoms with E-state index >= 15 is 0 Å². The fraction of sp³-hybridized carbons (Fsp3) is 0.909. The molecular weight excluding hydrogens is 194 g/mol. The summed E-state index contributed by atoms with van der Waals surface area (Å²) >= 11 is 0. The first-order valence-electron chi connectivity index (χ1n) is 5.68. The molecule has 1 fully saturated rings. The molecule has 1 rings (SSSR count). The normalized spacial score (nSPS) is 18.1. The summed E-state index contributed by atoms with van der Waals surface area (Å²) in [4.78, 5) is 12.9. The molecule has 15 heavy (non-hydrogen) atoms. The Bertz CT molecular complexity index is 165. The van der Waals surface area contributed by atoms with E-state index in [2.05, 4.69) is 4.90 Å². The average molecular weight is 217 g/mol. The molecule has 1 N–H and O–H groups in total. The van der Waals surface area contributed by atoms with Crippen LogP contribution in [0.2, 0.25) is 0 Å². The van der Waals surface area contributed by atoms with Crippen molar-refractivity contribution < 1.29 is 14.6 Å². The number of methoxy groups -OCH3 is 1. The molecule has 1 saturated heterocycles. The molecule has 0 radical (unpaired) electrons. The summed E-state index contributed by atoms with van der Waals surface area (Å²) in [6.45, 7) is 7.43. The van der Waals surface area contributed by atoms with Gasteiger partial charge in [-0.3, -0.25) is 4.79 Å². The minimum atomic E-state index is -0.647. The fourth-order valence-electron chi connectivity index (χ4n) is 1.62. The molecular formula is C11H23NO3. The molecule has 0 atom stereocenters. The van der Waals surface area contributed by atoms with Gasteiger partial charge in [-0.25, -0.2) is 0 Å². The van der Waals surface area contributed by atoms with Crippen molar-refractivity contribution in [3.8, 4) is 0 Å². The van der Waals surface area contributed by atoms with Crippen LogP contribution in [-0.2, 0) is 9.53 Å². The van der Waals surface area contributed by atoms with Crippen molar-refractivity contribution in [1.82, 2.24) is 4.90 Å². The summed E-state index contributed by atoms with van der Waals surface area (Å²) in [6, 6.07) is 0. The van der Waals surface area contributed by atoms with Gasteiger partial charge in [0.1, 0.15) is 0 Å². The molecule has 4 heteroatoms. The maximum atomic E-state index is 10.6. The van der Waals surface area contributed by atoms with Crippen LogP contribution in [0.25, 0.3) is 0 Å². The van der Waals surface area contributed by atoms with Gasteiger partial charge in [-0.1, -0.05) is 13.8 Å². The van der Waals surface area contributed by atoms with Crippen LogP contribution < -0.4 is 0 Å². The SMILES string of the molecule is CC.COCCN1CCC(C(=O)O)CC1. The van der Waals surface area contributed by atoms with Gasteiger partial charge in [0.15, 0.2) is 0 Å². The molecule has 0 saturated carbocycles. The van der Waals surface area contributed by atoms with Gasteiger partial charge in [0.2, 0.25) is 0 Å². The highest BCUT2D eigenvalue weighted by molar-refractivity contribution is 5.70. The molecule has 4 nitrogen and oxygen atoms in total. The summed E-state index contributed by atoms with van der Waals surface area (Å²) < 4.78 is 4.96. The topological polar surface area (TPSA) is 49.8 Å². The van der Waals surface area contributed by atoms with Crippen LogP contribution in [0.1, 0.15) is 26.7 Å². The van der Waals surface area contributed by atoms with Gasteiger partial charge in [0, 0.05) is 13.7 Å². The molecule has 0 aromatic heterocycles. The van der Waals surface area contributed by atoms with E-state index in [9.17, 15) is 4.79 Å². The lowest BCUT2D eigenvalue weighted by Crippen LogP contribution is -2.37. The number of aliphatic carboxylic acids is 1. The number of carbonyl (C=O) groups is 1. The molecule has 0 aliphatic carbocycles. The monoisotopic (exact) mass is 217 g/mol. The maximum Gasteiger partial charge on any atom is 0.306 e. The van der Waals surface area contributed by atoms with Crippen molar-refractivity contribution in [1.29, 1.82) is 0 Å². The lowest BCUT2D eigenvalue weighted by atomic mass is 9.97. The maximum absolute atomic E-state index is 10.6. The number of piperidine rings is 1. The molecule has 1 aliphatic heterocycles. The summed E-state index contributed by atoms with van der Waals surface area (Å²) in [5.74, 6) is -0.773. The molecule has 0 bridgehead atoms. The van der Waals surface area contributed by atoms with Crippen LogP contribution in [0.4, 0.5) is 0 Å². The van der Waals surface area contributed by atoms with Crippen LogP contribution in [0.3, 0.4) is 0 Å². The zero-order valence-electron chi connectivity index (χ0n) is 10.0. The predicted molar refractivity (Wildman–Crippen MR) is 60.0 cm³/mol. The molecule has 0 aromatic rings. The Kier molecular flexibility index (Phi) is 8.33. The Morgan fingerprint density at radius 2 is 1.93 bits per heavy atom. The Morgan fingerprint density at radius 3 is 2.33 bits per heavy atom. The van der Waals surface area contributed by atoms with Crippen molar-refractivity contribution >= 4 is 5.97 Å². The third kappa shape index (κ3) is 5.74. The first kappa shape index (κ1) is 14.4. The zero-order valence-corrected chi connectivity index (χ0v) is 10.0. The van der Waals surface area contributed by atoms with Gasteiger partial charge in [-0.15, -0.1) is 0 Å². The van der Waals surface area contributed by atoms with Crippen molar-refractivity contribution in [2.75, 3.05) is 33.4 Å². The lowest BCUT2D eigenvalue weighted by molar-refractivity contribution is -0.143. The van der Waals surface area contributed by atoms with Crippen LogP contribution in [-0.4, -0.2) is 49.3 Å². The summed E-state index contributed by atoms with van der Waals surface area (Å²) in [5.41, 5.74) is 0. The summed E-state index contributed by atoms with van der Waals surface area (Å²) in [6.07, 6.45) is 1.55. The Morgan fingerprint density at radius 1 is 1.40 bits per heavy atom. The number of hydrogen-bond acceptors (Lipinski definition) is 3. The molecule has 0 unspecified atom stereocenters. The highest BCUT2D eigenvalue weighted by Crippen LogP contribution is 2.16. The lowest BCUT2D eigenvalue weighted by Gasteiger charge is -2.29. The average Bonchev–Trinajstić information content (AvgIpc) is 2.29. The second-order valence-corrected chi connectivity index (χ2v) is 3.45. The first-order chi connectivity index (χ1) is 7.24. The molecule has 1 heterocycles. The number of hydrogen-bond donors (Lipinski definition) is 1. The second kappa shape index (κ2) is 8.68. The van der Waals surface area contributed by atoms with Gasteiger partial charge in [-0.05, 0) is 25.9 Å². The van der Waals surface area contributed by atoms with Crippen molar-refractivity contribution in [3.63, 3.8) is 0 Å². The van der Waals surface area contributed by atoms with Crippen molar-refractivity contribution in [3.05, 3.63) is 0 Å². The number of carboxylic acid groups (broad SMARTS) is 1. The van der Waals surface area contributed by atoms with Crippen LogP contribution in [0.15, 0.2) is 0 Å². The number of carboxylic acids is 1. The van der Waals surface area contributed by atoms with E-state index in [1.54, 1.807) is 7.11 Å². The molecule has 0 aromatic carbocycles. The second-order valence-electron chi connectivity index (χ2n) is 3.45. The number of likely N-dealkylation sites (tertiary alicyclic amines) is 1. The van der Waals surface area contributed by atoms with E-state index < -0.39 is 5.97 Å². The van der Waals surface area contributed by atoms with Crippen LogP contribution in [0, 0.1) is 5.92 Å². The van der Waals surface area contributed by atoms with Gasteiger partial charge in [0.05, 0.1) is 12.5 Å². The fourth-order valence-corrected chi connectivity index (χ4v) is 1.62. The quantitative estimate of drug-likeness (QED) is 0.774. The zero-order chi connectivity index (χ0) is 11.7. The van der Waals surface area contributed by atoms with Gasteiger partial charge in [-0.2, -0.15) is 0 Å². The van der Waals surface area contributed by atoms with Gasteiger partial charge in [0.25, 0.3) is 0 Å². The number of nitrogens with zero attached hydrogens (tertiary/aromatic N) is 1. The van der Waals surface area contributed by atoms with Gasteiger partial charge < -0.3 is 14.7 Å². The Balaban J connectivity index is 0.000000921. The number of ether oxygens (including phenoxy) is 1. The molecule has 0 amide bonds. The standard InChI is InChI=1S/C9H17NO3.C2H6/c1-13-7-6-10-4-2-8(3-5-10)9(11)12;1-2/h8H,2-7H2,1H3,(H,11,12);1-2H3. The van der Waals surface area contributed by atoms with Crippen LogP contribution in [0.5, 0.6) is 0 Å². The smallest absolute Gasteiger partial charge is 0.306 e. The van der Waals surface area contributed by atoms with E-state index in [1.165, 1.54) is 0 Å². The third-order valence-electron chi connectivity index (χ3n) is 2.55. The summed E-state index contributed by atoms with van der Waals surface area (Å²) in [7, 11) is 1.68. The predicted octanol–water partition coefficient (Wildman–Crippen LogP) is 1.46. The molecule has 90 valence electrons. The molecule has 0 spiro atoms. The van der Waals surface area contributed by atoms with Crippen molar-refractivity contribution in [2.45, 2.75) is 26.7 Å². The van der Waals surface area contributed by atoms with Gasteiger partial charge >= 0.3 is 5.97 Å². The summed E-state index contributed by atoms with van der Waals surface area (Å²) in [5, 5.41) is 8.76. The van der Waals surface area contributed by atoms with E-state index in [0.717, 1.165) is 39.1 Å². The van der Waals surface area contributed by atoms with E-state index in [4.69, 9.17) is 9.84 Å².